The molecule has 0 aliphatic heterocycles. The van der Waals surface area contributed by atoms with Crippen molar-refractivity contribution in [2.45, 2.75) is 6.61 Å². The minimum absolute atomic E-state index is 0.132. The molecule has 0 aliphatic rings. The molecule has 0 amide bonds. The Morgan fingerprint density at radius 3 is 3.00 bits per heavy atom. The van der Waals surface area contributed by atoms with E-state index in [0.717, 1.165) is 6.08 Å². The Balaban J connectivity index is 2.36. The highest BCUT2D eigenvalue weighted by Crippen LogP contribution is 2.03. The van der Waals surface area contributed by atoms with Crippen LogP contribution in [0.3, 0.4) is 0 Å². The van der Waals surface area contributed by atoms with E-state index in [1.165, 1.54) is 6.08 Å². The van der Waals surface area contributed by atoms with E-state index in [0.29, 0.717) is 19.1 Å². The number of hydrogen-bond acceptors (Lipinski definition) is 6. The summed E-state index contributed by atoms with van der Waals surface area (Å²) in [5.41, 5.74) is 0. The van der Waals surface area contributed by atoms with E-state index < -0.39 is 5.97 Å². The number of aliphatic carboxylic acids is 1. The zero-order valence-corrected chi connectivity index (χ0v) is 8.75. The van der Waals surface area contributed by atoms with Crippen LogP contribution in [0, 0.1) is 0 Å². The summed E-state index contributed by atoms with van der Waals surface area (Å²) in [7, 11) is 1.57. The van der Waals surface area contributed by atoms with Gasteiger partial charge in [0.05, 0.1) is 13.2 Å². The second kappa shape index (κ2) is 6.70. The van der Waals surface area contributed by atoms with Gasteiger partial charge in [-0.05, 0) is 0 Å². The summed E-state index contributed by atoms with van der Waals surface area (Å²) in [6, 6.07) is 0. The fourth-order valence-electron chi connectivity index (χ4n) is 0.837. The van der Waals surface area contributed by atoms with Gasteiger partial charge in [-0.2, -0.15) is 0 Å². The van der Waals surface area contributed by atoms with E-state index in [-0.39, 0.29) is 12.5 Å². The lowest BCUT2D eigenvalue weighted by Gasteiger charge is -1.98. The highest BCUT2D eigenvalue weighted by Gasteiger charge is 2.03. The van der Waals surface area contributed by atoms with Crippen LogP contribution in [0.25, 0.3) is 6.08 Å². The molecule has 0 unspecified atom stereocenters. The third kappa shape index (κ3) is 4.67. The quantitative estimate of drug-likeness (QED) is 0.530. The fourth-order valence-corrected chi connectivity index (χ4v) is 0.837. The molecule has 1 aromatic heterocycles. The molecular weight excluding hydrogens is 216 g/mol. The molecule has 0 spiro atoms. The lowest BCUT2D eigenvalue weighted by Crippen LogP contribution is -2.01. The highest BCUT2D eigenvalue weighted by molar-refractivity contribution is 5.84. The van der Waals surface area contributed by atoms with Crippen molar-refractivity contribution in [3.8, 4) is 0 Å². The van der Waals surface area contributed by atoms with Gasteiger partial charge in [-0.15, -0.1) is 10.2 Å². The van der Waals surface area contributed by atoms with Crippen LogP contribution in [0.1, 0.15) is 11.8 Å². The van der Waals surface area contributed by atoms with Gasteiger partial charge in [-0.1, -0.05) is 0 Å². The molecule has 16 heavy (non-hydrogen) atoms. The normalized spacial score (nSPS) is 11.1. The maximum atomic E-state index is 10.2. The third-order valence-corrected chi connectivity index (χ3v) is 1.51. The molecule has 0 aliphatic carbocycles. The number of aromatic nitrogens is 2. The minimum atomic E-state index is -1.07. The SMILES string of the molecule is COCCOCc1nnc(/C=C/C(=O)O)o1. The van der Waals surface area contributed by atoms with Crippen molar-refractivity contribution >= 4 is 12.0 Å². The summed E-state index contributed by atoms with van der Waals surface area (Å²) < 4.78 is 15.0. The van der Waals surface area contributed by atoms with Crippen molar-refractivity contribution in [2.75, 3.05) is 20.3 Å². The fraction of sp³-hybridized carbons (Fsp3) is 0.444. The van der Waals surface area contributed by atoms with Crippen molar-refractivity contribution in [3.05, 3.63) is 17.9 Å². The van der Waals surface area contributed by atoms with Crippen LogP contribution in [-0.2, 0) is 20.9 Å². The molecular formula is C9H12N2O5. The van der Waals surface area contributed by atoms with E-state index in [1.807, 2.05) is 0 Å². The van der Waals surface area contributed by atoms with E-state index in [4.69, 9.17) is 19.0 Å². The monoisotopic (exact) mass is 228 g/mol. The van der Waals surface area contributed by atoms with Gasteiger partial charge in [0.25, 0.3) is 0 Å². The van der Waals surface area contributed by atoms with Crippen molar-refractivity contribution < 1.29 is 23.8 Å². The highest BCUT2D eigenvalue weighted by atomic mass is 16.5. The lowest BCUT2D eigenvalue weighted by molar-refractivity contribution is -0.131. The predicted molar refractivity (Wildman–Crippen MR) is 52.5 cm³/mol. The largest absolute Gasteiger partial charge is 0.478 e. The molecule has 0 bridgehead atoms. The number of nitrogens with zero attached hydrogens (tertiary/aromatic N) is 2. The van der Waals surface area contributed by atoms with Gasteiger partial charge < -0.3 is 19.0 Å². The van der Waals surface area contributed by atoms with Crippen molar-refractivity contribution in [1.82, 2.24) is 10.2 Å². The summed E-state index contributed by atoms with van der Waals surface area (Å²) in [5.74, 6) is -0.648. The number of carbonyl (C=O) groups is 1. The van der Waals surface area contributed by atoms with Crippen LogP contribution in [0.2, 0.25) is 0 Å². The summed E-state index contributed by atoms with van der Waals surface area (Å²) in [5, 5.41) is 15.6. The first-order valence-corrected chi connectivity index (χ1v) is 4.52. The summed E-state index contributed by atoms with van der Waals surface area (Å²) in [6.45, 7) is 1.09. The van der Waals surface area contributed by atoms with Crippen molar-refractivity contribution in [3.63, 3.8) is 0 Å². The standard InChI is InChI=1S/C9H12N2O5/c1-14-4-5-15-6-8-11-10-7(16-8)2-3-9(12)13/h2-3H,4-6H2,1H3,(H,12,13)/b3-2+. The molecule has 0 fully saturated rings. The molecule has 7 nitrogen and oxygen atoms in total. The molecule has 0 aromatic carbocycles. The second-order valence-corrected chi connectivity index (χ2v) is 2.75. The Morgan fingerprint density at radius 2 is 2.31 bits per heavy atom. The first-order chi connectivity index (χ1) is 7.72. The molecule has 0 saturated heterocycles. The van der Waals surface area contributed by atoms with Gasteiger partial charge in [0.2, 0.25) is 11.8 Å². The molecule has 0 saturated carbocycles. The smallest absolute Gasteiger partial charge is 0.328 e. The van der Waals surface area contributed by atoms with E-state index in [2.05, 4.69) is 10.2 Å². The van der Waals surface area contributed by atoms with Crippen molar-refractivity contribution in [1.29, 1.82) is 0 Å². The number of ether oxygens (including phenoxy) is 2. The van der Waals surface area contributed by atoms with Crippen LogP contribution in [-0.4, -0.2) is 41.6 Å². The molecule has 1 aromatic rings. The zero-order valence-electron chi connectivity index (χ0n) is 8.75. The van der Waals surface area contributed by atoms with Crippen LogP contribution in [0.4, 0.5) is 0 Å². The average Bonchev–Trinajstić information content (AvgIpc) is 2.70. The molecule has 1 rings (SSSR count). The first kappa shape index (κ1) is 12.3. The maximum absolute atomic E-state index is 10.2. The van der Waals surface area contributed by atoms with Gasteiger partial charge in [-0.25, -0.2) is 4.79 Å². The molecule has 1 N–H and O–H groups in total. The van der Waals surface area contributed by atoms with E-state index in [1.54, 1.807) is 7.11 Å². The Labute approximate surface area is 91.7 Å². The van der Waals surface area contributed by atoms with E-state index in [9.17, 15) is 4.79 Å². The lowest BCUT2D eigenvalue weighted by atomic mass is 10.5. The van der Waals surface area contributed by atoms with Gasteiger partial charge in [0.15, 0.2) is 0 Å². The number of carboxylic acid groups (broad SMARTS) is 1. The van der Waals surface area contributed by atoms with Crippen LogP contribution < -0.4 is 0 Å². The summed E-state index contributed by atoms with van der Waals surface area (Å²) in [4.78, 5) is 10.2. The molecule has 88 valence electrons. The van der Waals surface area contributed by atoms with Crippen LogP contribution >= 0.6 is 0 Å². The summed E-state index contributed by atoms with van der Waals surface area (Å²) >= 11 is 0. The topological polar surface area (TPSA) is 94.7 Å². The molecule has 7 heteroatoms. The first-order valence-electron chi connectivity index (χ1n) is 4.52. The molecule has 0 radical (unpaired) electrons. The van der Waals surface area contributed by atoms with Crippen molar-refractivity contribution in [2.24, 2.45) is 0 Å². The van der Waals surface area contributed by atoms with Gasteiger partial charge >= 0.3 is 5.97 Å². The molecule has 1 heterocycles. The zero-order chi connectivity index (χ0) is 11.8. The Kier molecular flexibility index (Phi) is 5.17. The predicted octanol–water partition coefficient (Wildman–Crippen LogP) is 0.330. The number of methoxy groups -OCH3 is 1. The Hall–Kier alpha value is -1.73. The Bertz CT molecular complexity index is 361. The number of rotatable bonds is 7. The van der Waals surface area contributed by atoms with Crippen LogP contribution in [0.5, 0.6) is 0 Å². The third-order valence-electron chi connectivity index (χ3n) is 1.51. The van der Waals surface area contributed by atoms with Gasteiger partial charge in [0.1, 0.15) is 6.61 Å². The van der Waals surface area contributed by atoms with Crippen LogP contribution in [0.15, 0.2) is 10.5 Å². The summed E-state index contributed by atoms with van der Waals surface area (Å²) in [6.07, 6.45) is 2.14. The van der Waals surface area contributed by atoms with E-state index >= 15 is 0 Å². The number of hydrogen-bond donors (Lipinski definition) is 1. The Morgan fingerprint density at radius 1 is 1.50 bits per heavy atom. The second-order valence-electron chi connectivity index (χ2n) is 2.75. The van der Waals surface area contributed by atoms with Gasteiger partial charge in [0, 0.05) is 19.3 Å². The van der Waals surface area contributed by atoms with Gasteiger partial charge in [-0.3, -0.25) is 0 Å². The maximum Gasteiger partial charge on any atom is 0.328 e. The number of carboxylic acids is 1. The minimum Gasteiger partial charge on any atom is -0.478 e. The molecule has 0 atom stereocenters. The average molecular weight is 228 g/mol.